The van der Waals surface area contributed by atoms with E-state index in [1.807, 2.05) is 12.1 Å². The molecule has 1 heterocycles. The first-order valence-electron chi connectivity index (χ1n) is 11.8. The highest BCUT2D eigenvalue weighted by atomic mass is 32.2. The number of ketones is 1. The number of nitrogens with one attached hydrogen (secondary N) is 1. The number of fused-ring (bicyclic) bond motifs is 1. The third kappa shape index (κ3) is 3.25. The van der Waals surface area contributed by atoms with E-state index >= 15 is 0 Å². The van der Waals surface area contributed by atoms with E-state index in [0.29, 0.717) is 42.5 Å². The van der Waals surface area contributed by atoms with E-state index in [1.54, 1.807) is 24.4 Å². The fraction of sp³-hybridized carbons (Fsp3) is 0.600. The average Bonchev–Trinajstić information content (AvgIpc) is 2.72. The smallest absolute Gasteiger partial charge is 0.243 e. The highest BCUT2D eigenvalue weighted by Crippen LogP contribution is 2.57. The Bertz CT molecular complexity index is 1110. The van der Waals surface area contributed by atoms with Gasteiger partial charge in [0, 0.05) is 18.0 Å². The maximum atomic E-state index is 13.6. The van der Waals surface area contributed by atoms with Crippen LogP contribution in [0.1, 0.15) is 57.8 Å². The molecule has 5 nitrogen and oxygen atoms in total. The van der Waals surface area contributed by atoms with Crippen LogP contribution < -0.4 is 4.72 Å². The molecule has 5 fully saturated rings. The van der Waals surface area contributed by atoms with Crippen LogP contribution in [0.4, 0.5) is 0 Å². The quantitative estimate of drug-likeness (QED) is 0.722. The maximum Gasteiger partial charge on any atom is 0.243 e. The third-order valence-corrected chi connectivity index (χ3v) is 10.4. The molecule has 5 aliphatic rings. The molecule has 6 heteroatoms. The van der Waals surface area contributed by atoms with Crippen LogP contribution in [0.3, 0.4) is 0 Å². The van der Waals surface area contributed by atoms with E-state index in [1.165, 1.54) is 32.1 Å². The number of hydrogen-bond acceptors (Lipinski definition) is 4. The van der Waals surface area contributed by atoms with Crippen LogP contribution in [0.25, 0.3) is 10.9 Å². The van der Waals surface area contributed by atoms with Crippen LogP contribution in [0.2, 0.25) is 0 Å². The number of hydrogen-bond donors (Lipinski definition) is 1. The van der Waals surface area contributed by atoms with Gasteiger partial charge in [0.2, 0.25) is 10.0 Å². The van der Waals surface area contributed by atoms with Gasteiger partial charge in [0.25, 0.3) is 0 Å². The fourth-order valence-corrected chi connectivity index (χ4v) is 8.98. The van der Waals surface area contributed by atoms with Crippen molar-refractivity contribution in [1.82, 2.24) is 9.71 Å². The van der Waals surface area contributed by atoms with E-state index in [0.717, 1.165) is 23.6 Å². The zero-order valence-electron chi connectivity index (χ0n) is 17.8. The number of sulfonamides is 1. The highest BCUT2D eigenvalue weighted by molar-refractivity contribution is 7.89. The molecule has 0 amide bonds. The second-order valence-corrected chi connectivity index (χ2v) is 12.2. The minimum Gasteiger partial charge on any atom is -0.298 e. The van der Waals surface area contributed by atoms with Crippen molar-refractivity contribution in [2.45, 2.75) is 68.2 Å². The van der Waals surface area contributed by atoms with E-state index in [4.69, 9.17) is 0 Å². The summed E-state index contributed by atoms with van der Waals surface area (Å²) in [5.41, 5.74) is -0.467. The Labute approximate surface area is 184 Å². The monoisotopic (exact) mass is 438 g/mol. The van der Waals surface area contributed by atoms with E-state index in [2.05, 4.69) is 9.71 Å². The first-order valence-corrected chi connectivity index (χ1v) is 13.3. The van der Waals surface area contributed by atoms with Crippen molar-refractivity contribution in [3.05, 3.63) is 36.5 Å². The Kier molecular flexibility index (Phi) is 4.55. The molecule has 31 heavy (non-hydrogen) atoms. The van der Waals surface area contributed by atoms with E-state index < -0.39 is 15.6 Å². The minimum atomic E-state index is -3.84. The molecular weight excluding hydrogens is 408 g/mol. The van der Waals surface area contributed by atoms with Gasteiger partial charge >= 0.3 is 0 Å². The summed E-state index contributed by atoms with van der Waals surface area (Å²) in [4.78, 5) is 18.0. The van der Waals surface area contributed by atoms with Gasteiger partial charge in [0.15, 0.2) is 5.78 Å². The summed E-state index contributed by atoms with van der Waals surface area (Å²) in [5, 5.41) is 0.785. The van der Waals surface area contributed by atoms with Gasteiger partial charge in [-0.1, -0.05) is 18.2 Å². The molecule has 1 aromatic heterocycles. The molecule has 1 aromatic carbocycles. The van der Waals surface area contributed by atoms with Gasteiger partial charge in [-0.05, 0) is 93.1 Å². The van der Waals surface area contributed by atoms with E-state index in [-0.39, 0.29) is 10.7 Å². The first-order chi connectivity index (χ1) is 14.9. The minimum absolute atomic E-state index is 0.119. The molecule has 5 aliphatic carbocycles. The van der Waals surface area contributed by atoms with Crippen LogP contribution in [0, 0.1) is 29.6 Å². The maximum absolute atomic E-state index is 13.6. The molecule has 0 radical (unpaired) electrons. The van der Waals surface area contributed by atoms with E-state index in [9.17, 15) is 13.2 Å². The molecule has 0 aliphatic heterocycles. The molecule has 0 unspecified atom stereocenters. The largest absolute Gasteiger partial charge is 0.298 e. The summed E-state index contributed by atoms with van der Waals surface area (Å²) >= 11 is 0. The summed E-state index contributed by atoms with van der Waals surface area (Å²) in [5.74, 6) is 3.69. The second kappa shape index (κ2) is 7.11. The number of benzene rings is 1. The third-order valence-electron chi connectivity index (χ3n) is 8.80. The lowest BCUT2D eigenvalue weighted by atomic mass is 9.50. The number of nitrogens with zero attached hydrogens (tertiary/aromatic N) is 1. The molecule has 0 saturated heterocycles. The normalized spacial score (nSPS) is 33.4. The predicted molar refractivity (Wildman–Crippen MR) is 119 cm³/mol. The van der Waals surface area contributed by atoms with Gasteiger partial charge in [0.1, 0.15) is 4.90 Å². The Morgan fingerprint density at radius 1 is 1.00 bits per heavy atom. The number of carbonyl (C=O) groups is 1. The average molecular weight is 439 g/mol. The summed E-state index contributed by atoms with van der Waals surface area (Å²) in [7, 11) is -3.84. The van der Waals surface area contributed by atoms with Crippen molar-refractivity contribution < 1.29 is 13.2 Å². The van der Waals surface area contributed by atoms with Crippen molar-refractivity contribution >= 4 is 26.7 Å². The van der Waals surface area contributed by atoms with Crippen LogP contribution in [0.15, 0.2) is 41.4 Å². The summed E-state index contributed by atoms with van der Waals surface area (Å²) in [6.45, 7) is 0. The number of para-hydroxylation sites is 1. The first kappa shape index (κ1) is 19.9. The molecule has 0 atom stereocenters. The van der Waals surface area contributed by atoms with Gasteiger partial charge < -0.3 is 0 Å². The van der Waals surface area contributed by atoms with Crippen LogP contribution in [-0.4, -0.2) is 24.7 Å². The molecule has 5 saturated carbocycles. The molecule has 1 N–H and O–H groups in total. The van der Waals surface area contributed by atoms with Crippen LogP contribution >= 0.6 is 0 Å². The second-order valence-electron chi connectivity index (χ2n) is 10.6. The van der Waals surface area contributed by atoms with Gasteiger partial charge in [-0.15, -0.1) is 0 Å². The SMILES string of the molecule is O=C(CC1C2CC3CC(C2)CC1C3)C1(NS(=O)(=O)c2cccc3cccnc23)CCC1. The van der Waals surface area contributed by atoms with Gasteiger partial charge in [0.05, 0.1) is 11.1 Å². The van der Waals surface area contributed by atoms with Crippen molar-refractivity contribution in [2.75, 3.05) is 0 Å². The number of pyridine rings is 1. The number of Topliss-reactive ketones (excluding diaryl/α,β-unsaturated/α-hetero) is 1. The lowest BCUT2D eigenvalue weighted by Gasteiger charge is -2.55. The zero-order valence-corrected chi connectivity index (χ0v) is 18.6. The fourth-order valence-electron chi connectivity index (χ4n) is 7.35. The summed E-state index contributed by atoms with van der Waals surface area (Å²) in [6.07, 6.45) is 10.8. The lowest BCUT2D eigenvalue weighted by Crippen LogP contribution is -2.60. The number of rotatable bonds is 6. The molecule has 7 rings (SSSR count). The molecular formula is C25H30N2O3S. The van der Waals surface area contributed by atoms with Crippen molar-refractivity contribution in [3.63, 3.8) is 0 Å². The molecule has 0 spiro atoms. The van der Waals surface area contributed by atoms with Crippen LogP contribution in [0.5, 0.6) is 0 Å². The number of carbonyl (C=O) groups excluding carboxylic acids is 1. The predicted octanol–water partition coefficient (Wildman–Crippen LogP) is 4.47. The summed E-state index contributed by atoms with van der Waals surface area (Å²) < 4.78 is 29.7. The van der Waals surface area contributed by atoms with Crippen molar-refractivity contribution in [3.8, 4) is 0 Å². The molecule has 4 bridgehead atoms. The Morgan fingerprint density at radius 3 is 2.32 bits per heavy atom. The zero-order chi connectivity index (χ0) is 21.2. The number of aromatic nitrogens is 1. The Morgan fingerprint density at radius 2 is 1.68 bits per heavy atom. The Hall–Kier alpha value is -1.79. The lowest BCUT2D eigenvalue weighted by molar-refractivity contribution is -0.133. The van der Waals surface area contributed by atoms with Gasteiger partial charge in [-0.25, -0.2) is 8.42 Å². The molecule has 2 aromatic rings. The van der Waals surface area contributed by atoms with Gasteiger partial charge in [-0.2, -0.15) is 4.72 Å². The highest BCUT2D eigenvalue weighted by Gasteiger charge is 2.52. The van der Waals surface area contributed by atoms with Gasteiger partial charge in [-0.3, -0.25) is 9.78 Å². The van der Waals surface area contributed by atoms with Crippen molar-refractivity contribution in [1.29, 1.82) is 0 Å². The summed E-state index contributed by atoms with van der Waals surface area (Å²) in [6, 6.07) is 8.85. The topological polar surface area (TPSA) is 76.1 Å². The molecule has 164 valence electrons. The standard InChI is InChI=1S/C25H30N2O3S/c28-23(15-21-19-11-16-10-17(13-19)14-20(21)12-16)25(7-3-8-25)27-31(29,30)22-6-1-4-18-5-2-9-26-24(18)22/h1-2,4-6,9,16-17,19-21,27H,3,7-8,10-15H2. The Balaban J connectivity index is 1.25. The van der Waals surface area contributed by atoms with Crippen molar-refractivity contribution in [2.24, 2.45) is 29.6 Å². The van der Waals surface area contributed by atoms with Crippen LogP contribution in [-0.2, 0) is 14.8 Å².